The molecular weight excluding hydrogens is 323 g/mol. The zero-order valence-corrected chi connectivity index (χ0v) is 13.8. The zero-order valence-electron chi connectivity index (χ0n) is 13.8. The summed E-state index contributed by atoms with van der Waals surface area (Å²) in [5.41, 5.74) is 0.102. The third-order valence-corrected chi connectivity index (χ3v) is 4.25. The Morgan fingerprint density at radius 1 is 1.32 bits per heavy atom. The van der Waals surface area contributed by atoms with E-state index < -0.39 is 29.5 Å². The summed E-state index contributed by atoms with van der Waals surface area (Å²) in [6.45, 7) is 3.42. The maximum Gasteiger partial charge on any atom is 0.251 e. The van der Waals surface area contributed by atoms with E-state index in [4.69, 9.17) is 10.00 Å². The molecule has 2 aromatic carbocycles. The summed E-state index contributed by atoms with van der Waals surface area (Å²) in [5, 5.41) is 22.5. The number of amides is 1. The first-order valence-corrected chi connectivity index (χ1v) is 7.79. The molecule has 2 N–H and O–H groups in total. The molecule has 0 aliphatic carbocycles. The maximum absolute atomic E-state index is 13.4. The van der Waals surface area contributed by atoms with Gasteiger partial charge in [-0.2, -0.15) is 5.26 Å². The van der Waals surface area contributed by atoms with Gasteiger partial charge < -0.3 is 15.2 Å². The molecule has 2 aromatic rings. The molecule has 6 heteroatoms. The quantitative estimate of drug-likeness (QED) is 0.881. The molecule has 128 valence electrons. The Morgan fingerprint density at radius 2 is 2.08 bits per heavy atom. The fourth-order valence-corrected chi connectivity index (χ4v) is 2.88. The maximum atomic E-state index is 13.4. The van der Waals surface area contributed by atoms with E-state index in [1.807, 2.05) is 6.07 Å². The van der Waals surface area contributed by atoms with Crippen LogP contribution in [0.2, 0.25) is 0 Å². The van der Waals surface area contributed by atoms with Crippen LogP contribution in [0, 0.1) is 17.1 Å². The van der Waals surface area contributed by atoms with Crippen LogP contribution < -0.4 is 10.1 Å². The average molecular weight is 340 g/mol. The lowest BCUT2D eigenvalue weighted by Crippen LogP contribution is -2.53. The van der Waals surface area contributed by atoms with E-state index in [1.165, 1.54) is 18.2 Å². The number of hydrogen-bond donors (Lipinski definition) is 2. The molecule has 5 nitrogen and oxygen atoms in total. The number of rotatable bonds is 2. The lowest BCUT2D eigenvalue weighted by Gasteiger charge is -2.42. The third kappa shape index (κ3) is 3.19. The minimum absolute atomic E-state index is 0.148. The molecule has 1 unspecified atom stereocenters. The molecule has 25 heavy (non-hydrogen) atoms. The van der Waals surface area contributed by atoms with E-state index in [2.05, 4.69) is 5.32 Å². The van der Waals surface area contributed by atoms with Crippen LogP contribution in [0.15, 0.2) is 42.5 Å². The minimum atomic E-state index is -1.05. The van der Waals surface area contributed by atoms with Crippen LogP contribution in [-0.2, 0) is 0 Å². The highest BCUT2D eigenvalue weighted by molar-refractivity contribution is 5.94. The number of fused-ring (bicyclic) bond motifs is 1. The van der Waals surface area contributed by atoms with Crippen LogP contribution >= 0.6 is 0 Å². The topological polar surface area (TPSA) is 82.3 Å². The molecule has 0 radical (unpaired) electrons. The van der Waals surface area contributed by atoms with Gasteiger partial charge in [-0.3, -0.25) is 4.79 Å². The second kappa shape index (κ2) is 6.19. The van der Waals surface area contributed by atoms with Crippen LogP contribution in [0.5, 0.6) is 5.75 Å². The summed E-state index contributed by atoms with van der Waals surface area (Å²) in [4.78, 5) is 12.5. The van der Waals surface area contributed by atoms with E-state index >= 15 is 0 Å². The van der Waals surface area contributed by atoms with Gasteiger partial charge in [-0.25, -0.2) is 4.39 Å². The van der Waals surface area contributed by atoms with Crippen LogP contribution in [0.1, 0.15) is 41.4 Å². The van der Waals surface area contributed by atoms with E-state index in [9.17, 15) is 14.3 Å². The van der Waals surface area contributed by atoms with Gasteiger partial charge in [-0.05, 0) is 50.2 Å². The Morgan fingerprint density at radius 3 is 2.76 bits per heavy atom. The molecular formula is C19H17FN2O3. The standard InChI is InChI=1S/C19H17FN2O3/c1-19(2)17(23)16(14-8-11(10-21)6-7-15(14)25-19)22-18(24)12-4-3-5-13(20)9-12/h3-9,16-17,23H,1-2H3,(H,22,24)/t16?,17-/m1/s1. The van der Waals surface area contributed by atoms with Crippen LogP contribution in [0.25, 0.3) is 0 Å². The average Bonchev–Trinajstić information content (AvgIpc) is 2.58. The van der Waals surface area contributed by atoms with Crippen molar-refractivity contribution in [3.05, 3.63) is 65.0 Å². The van der Waals surface area contributed by atoms with Crippen molar-refractivity contribution in [3.8, 4) is 11.8 Å². The molecule has 0 aromatic heterocycles. The molecule has 0 fully saturated rings. The molecule has 1 heterocycles. The van der Waals surface area contributed by atoms with Crippen LogP contribution in [-0.4, -0.2) is 22.7 Å². The largest absolute Gasteiger partial charge is 0.485 e. The molecule has 1 aliphatic rings. The van der Waals surface area contributed by atoms with Crippen molar-refractivity contribution in [1.29, 1.82) is 5.26 Å². The number of carbonyl (C=O) groups excluding carboxylic acids is 1. The predicted octanol–water partition coefficient (Wildman–Crippen LogP) is 2.70. The van der Waals surface area contributed by atoms with Crippen molar-refractivity contribution in [2.75, 3.05) is 0 Å². The summed E-state index contributed by atoms with van der Waals surface area (Å²) in [7, 11) is 0. The van der Waals surface area contributed by atoms with E-state index in [-0.39, 0.29) is 5.56 Å². The first-order valence-electron chi connectivity index (χ1n) is 7.79. The van der Waals surface area contributed by atoms with Gasteiger partial charge in [0.1, 0.15) is 23.3 Å². The number of nitrogens with one attached hydrogen (secondary N) is 1. The second-order valence-corrected chi connectivity index (χ2v) is 6.48. The van der Waals surface area contributed by atoms with Gasteiger partial charge in [-0.1, -0.05) is 6.07 Å². The highest BCUT2D eigenvalue weighted by Gasteiger charge is 2.43. The Kier molecular flexibility index (Phi) is 4.19. The fraction of sp³-hybridized carbons (Fsp3) is 0.263. The van der Waals surface area contributed by atoms with Crippen LogP contribution in [0.3, 0.4) is 0 Å². The van der Waals surface area contributed by atoms with Gasteiger partial charge in [0.25, 0.3) is 5.91 Å². The summed E-state index contributed by atoms with van der Waals surface area (Å²) in [6.07, 6.45) is -1.05. The Balaban J connectivity index is 1.99. The summed E-state index contributed by atoms with van der Waals surface area (Å²) < 4.78 is 19.2. The highest BCUT2D eigenvalue weighted by Crippen LogP contribution is 2.40. The van der Waals surface area contributed by atoms with Crippen molar-refractivity contribution in [3.63, 3.8) is 0 Å². The molecule has 3 rings (SSSR count). The number of aliphatic hydroxyl groups is 1. The molecule has 0 saturated heterocycles. The number of carbonyl (C=O) groups is 1. The highest BCUT2D eigenvalue weighted by atomic mass is 19.1. The van der Waals surface area contributed by atoms with Crippen LogP contribution in [0.4, 0.5) is 4.39 Å². The molecule has 0 saturated carbocycles. The first-order chi connectivity index (χ1) is 11.8. The number of ether oxygens (including phenoxy) is 1. The lowest BCUT2D eigenvalue weighted by molar-refractivity contribution is -0.0627. The van der Waals surface area contributed by atoms with Gasteiger partial charge in [0.05, 0.1) is 17.7 Å². The smallest absolute Gasteiger partial charge is 0.251 e. The monoisotopic (exact) mass is 340 g/mol. The van der Waals surface area contributed by atoms with Crippen molar-refractivity contribution in [2.24, 2.45) is 0 Å². The van der Waals surface area contributed by atoms with E-state index in [1.54, 1.807) is 32.0 Å². The van der Waals surface area contributed by atoms with Crippen molar-refractivity contribution in [2.45, 2.75) is 31.6 Å². The summed E-state index contributed by atoms with van der Waals surface area (Å²) >= 11 is 0. The van der Waals surface area contributed by atoms with Crippen molar-refractivity contribution >= 4 is 5.91 Å². The normalized spacial score (nSPS) is 20.8. The molecule has 0 bridgehead atoms. The Hall–Kier alpha value is -2.91. The van der Waals surface area contributed by atoms with Crippen molar-refractivity contribution in [1.82, 2.24) is 5.32 Å². The molecule has 0 spiro atoms. The lowest BCUT2D eigenvalue weighted by atomic mass is 9.85. The molecule has 1 aliphatic heterocycles. The first kappa shape index (κ1) is 16.9. The summed E-state index contributed by atoms with van der Waals surface area (Å²) in [6, 6.07) is 11.4. The van der Waals surface area contributed by atoms with Gasteiger partial charge in [-0.15, -0.1) is 0 Å². The number of hydrogen-bond acceptors (Lipinski definition) is 4. The Labute approximate surface area is 144 Å². The number of aliphatic hydroxyl groups excluding tert-OH is 1. The SMILES string of the molecule is CC1(C)Oc2ccc(C#N)cc2C(NC(=O)c2cccc(F)c2)[C@H]1O. The molecule has 1 amide bonds. The fourth-order valence-electron chi connectivity index (χ4n) is 2.88. The van der Waals surface area contributed by atoms with E-state index in [0.29, 0.717) is 16.9 Å². The van der Waals surface area contributed by atoms with Gasteiger partial charge in [0.15, 0.2) is 0 Å². The summed E-state index contributed by atoms with van der Waals surface area (Å²) in [5.74, 6) is -0.555. The third-order valence-electron chi connectivity index (χ3n) is 4.25. The zero-order chi connectivity index (χ0) is 18.2. The number of nitriles is 1. The number of halogens is 1. The second-order valence-electron chi connectivity index (χ2n) is 6.48. The predicted molar refractivity (Wildman–Crippen MR) is 88.5 cm³/mol. The van der Waals surface area contributed by atoms with E-state index in [0.717, 1.165) is 6.07 Å². The number of benzene rings is 2. The Bertz CT molecular complexity index is 873. The van der Waals surface area contributed by atoms with Gasteiger partial charge >= 0.3 is 0 Å². The van der Waals surface area contributed by atoms with Gasteiger partial charge in [0, 0.05) is 11.1 Å². The minimum Gasteiger partial charge on any atom is -0.485 e. The van der Waals surface area contributed by atoms with Gasteiger partial charge in [0.2, 0.25) is 0 Å². The number of nitrogens with zero attached hydrogens (tertiary/aromatic N) is 1. The molecule has 2 atom stereocenters. The van der Waals surface area contributed by atoms with Crippen molar-refractivity contribution < 1.29 is 19.0 Å².